The van der Waals surface area contributed by atoms with E-state index in [0.29, 0.717) is 34.4 Å². The molecule has 3 aromatic heterocycles. The molecule has 0 radical (unpaired) electrons. The van der Waals surface area contributed by atoms with Gasteiger partial charge < -0.3 is 14.6 Å². The summed E-state index contributed by atoms with van der Waals surface area (Å²) < 4.78 is 7.69. The number of ether oxygens (including phenoxy) is 1. The van der Waals surface area contributed by atoms with Crippen molar-refractivity contribution >= 4 is 11.7 Å². The lowest BCUT2D eigenvalue weighted by molar-refractivity contribution is 0.102. The molecule has 150 valence electrons. The van der Waals surface area contributed by atoms with Gasteiger partial charge in [0.25, 0.3) is 5.91 Å². The summed E-state index contributed by atoms with van der Waals surface area (Å²) in [6.45, 7) is 4.08. The van der Waals surface area contributed by atoms with E-state index in [1.807, 2.05) is 30.5 Å². The van der Waals surface area contributed by atoms with Gasteiger partial charge in [0.15, 0.2) is 5.82 Å². The molecule has 0 saturated carbocycles. The van der Waals surface area contributed by atoms with Crippen LogP contribution in [0.5, 0.6) is 11.5 Å². The van der Waals surface area contributed by atoms with Gasteiger partial charge in [0.1, 0.15) is 29.3 Å². The monoisotopic (exact) mass is 400 g/mol. The molecule has 4 rings (SSSR count). The smallest absolute Gasteiger partial charge is 0.256 e. The van der Waals surface area contributed by atoms with E-state index in [9.17, 15) is 4.79 Å². The maximum absolute atomic E-state index is 12.7. The molecule has 0 saturated heterocycles. The zero-order valence-corrected chi connectivity index (χ0v) is 16.6. The molecule has 3 heterocycles. The first-order valence-electron chi connectivity index (χ1n) is 9.46. The van der Waals surface area contributed by atoms with Gasteiger partial charge in [-0.15, -0.1) is 10.2 Å². The molecule has 4 aromatic rings. The summed E-state index contributed by atoms with van der Waals surface area (Å²) in [6, 6.07) is 16.0. The molecule has 8 nitrogen and oxygen atoms in total. The first-order valence-corrected chi connectivity index (χ1v) is 9.46. The lowest BCUT2D eigenvalue weighted by Gasteiger charge is -2.11. The molecule has 0 aliphatic heterocycles. The summed E-state index contributed by atoms with van der Waals surface area (Å²) in [5.74, 6) is 1.99. The van der Waals surface area contributed by atoms with Crippen LogP contribution in [0.3, 0.4) is 0 Å². The quantitative estimate of drug-likeness (QED) is 0.517. The predicted molar refractivity (Wildman–Crippen MR) is 112 cm³/mol. The van der Waals surface area contributed by atoms with Crippen molar-refractivity contribution < 1.29 is 9.53 Å². The zero-order chi connectivity index (χ0) is 20.9. The largest absolute Gasteiger partial charge is 0.457 e. The number of aromatic nitrogens is 5. The Morgan fingerprint density at radius 1 is 1.03 bits per heavy atom. The fraction of sp³-hybridized carbons (Fsp3) is 0.136. The van der Waals surface area contributed by atoms with Crippen LogP contribution in [-0.4, -0.2) is 30.6 Å². The highest BCUT2D eigenvalue weighted by Crippen LogP contribution is 2.23. The van der Waals surface area contributed by atoms with E-state index in [-0.39, 0.29) is 11.9 Å². The first kappa shape index (κ1) is 19.3. The average molecular weight is 400 g/mol. The standard InChI is InChI=1S/C22H20N6O2/c1-15(2)28-14-24-27-21(28)19-7-4-8-20(25-19)26-22(29)16-5-3-6-18(13-16)30-17-9-11-23-12-10-17/h3-15H,1-2H3,(H,25,26,29). The van der Waals surface area contributed by atoms with Crippen LogP contribution in [0.15, 0.2) is 73.3 Å². The molecule has 0 unspecified atom stereocenters. The molecule has 0 bridgehead atoms. The minimum absolute atomic E-state index is 0.193. The molecule has 0 spiro atoms. The number of hydrogen-bond donors (Lipinski definition) is 1. The molecule has 0 aliphatic rings. The Bertz CT molecular complexity index is 1160. The lowest BCUT2D eigenvalue weighted by atomic mass is 10.2. The highest BCUT2D eigenvalue weighted by atomic mass is 16.5. The maximum atomic E-state index is 12.7. The predicted octanol–water partition coefficient (Wildman–Crippen LogP) is 4.36. The Morgan fingerprint density at radius 2 is 1.83 bits per heavy atom. The average Bonchev–Trinajstić information content (AvgIpc) is 3.25. The van der Waals surface area contributed by atoms with Crippen molar-refractivity contribution in [1.82, 2.24) is 24.7 Å². The van der Waals surface area contributed by atoms with Crippen LogP contribution in [0.1, 0.15) is 30.2 Å². The molecule has 1 N–H and O–H groups in total. The molecular weight excluding hydrogens is 380 g/mol. The highest BCUT2D eigenvalue weighted by molar-refractivity contribution is 6.04. The Hall–Kier alpha value is -4.07. The third-order valence-electron chi connectivity index (χ3n) is 4.33. The highest BCUT2D eigenvalue weighted by Gasteiger charge is 2.13. The molecule has 0 aliphatic carbocycles. The van der Waals surface area contributed by atoms with Crippen molar-refractivity contribution in [2.75, 3.05) is 5.32 Å². The Labute approximate surface area is 173 Å². The van der Waals surface area contributed by atoms with Crippen molar-refractivity contribution in [2.24, 2.45) is 0 Å². The summed E-state index contributed by atoms with van der Waals surface area (Å²) in [7, 11) is 0. The number of nitrogens with one attached hydrogen (secondary N) is 1. The molecule has 0 fully saturated rings. The summed E-state index contributed by atoms with van der Waals surface area (Å²) in [5, 5.41) is 11.0. The summed E-state index contributed by atoms with van der Waals surface area (Å²) in [6.07, 6.45) is 4.95. The van der Waals surface area contributed by atoms with Gasteiger partial charge >= 0.3 is 0 Å². The van der Waals surface area contributed by atoms with E-state index >= 15 is 0 Å². The third kappa shape index (κ3) is 4.33. The maximum Gasteiger partial charge on any atom is 0.256 e. The SMILES string of the molecule is CC(C)n1cnnc1-c1cccc(NC(=O)c2cccc(Oc3ccncc3)c2)n1. The van der Waals surface area contributed by atoms with E-state index in [4.69, 9.17) is 4.74 Å². The minimum Gasteiger partial charge on any atom is -0.457 e. The van der Waals surface area contributed by atoms with E-state index < -0.39 is 0 Å². The minimum atomic E-state index is -0.287. The number of carbonyl (C=O) groups is 1. The Balaban J connectivity index is 1.52. The molecule has 1 amide bonds. The number of anilines is 1. The van der Waals surface area contributed by atoms with E-state index in [1.54, 1.807) is 61.2 Å². The second kappa shape index (κ2) is 8.52. The van der Waals surface area contributed by atoms with Crippen LogP contribution >= 0.6 is 0 Å². The van der Waals surface area contributed by atoms with Gasteiger partial charge in [-0.2, -0.15) is 0 Å². The molecule has 30 heavy (non-hydrogen) atoms. The van der Waals surface area contributed by atoms with Crippen molar-refractivity contribution in [3.8, 4) is 23.0 Å². The summed E-state index contributed by atoms with van der Waals surface area (Å²) in [4.78, 5) is 21.2. The van der Waals surface area contributed by atoms with Gasteiger partial charge in [0.05, 0.1) is 0 Å². The molecule has 0 atom stereocenters. The zero-order valence-electron chi connectivity index (χ0n) is 16.6. The number of benzene rings is 1. The molecule has 8 heteroatoms. The van der Waals surface area contributed by atoms with Gasteiger partial charge in [-0.3, -0.25) is 9.78 Å². The number of amides is 1. The van der Waals surface area contributed by atoms with Gasteiger partial charge in [-0.1, -0.05) is 12.1 Å². The number of pyridine rings is 2. The van der Waals surface area contributed by atoms with Gasteiger partial charge in [0.2, 0.25) is 0 Å². The Morgan fingerprint density at radius 3 is 2.63 bits per heavy atom. The van der Waals surface area contributed by atoms with Crippen LogP contribution in [-0.2, 0) is 0 Å². The van der Waals surface area contributed by atoms with Crippen molar-refractivity contribution in [2.45, 2.75) is 19.9 Å². The van der Waals surface area contributed by atoms with Crippen LogP contribution in [0.4, 0.5) is 5.82 Å². The van der Waals surface area contributed by atoms with Gasteiger partial charge in [0, 0.05) is 24.0 Å². The number of rotatable bonds is 6. The summed E-state index contributed by atoms with van der Waals surface area (Å²) in [5.41, 5.74) is 1.09. The van der Waals surface area contributed by atoms with Gasteiger partial charge in [-0.25, -0.2) is 4.98 Å². The van der Waals surface area contributed by atoms with Crippen LogP contribution < -0.4 is 10.1 Å². The number of carbonyl (C=O) groups excluding carboxylic acids is 1. The Kier molecular flexibility index (Phi) is 5.47. The normalized spacial score (nSPS) is 10.8. The van der Waals surface area contributed by atoms with Crippen LogP contribution in [0.25, 0.3) is 11.5 Å². The topological polar surface area (TPSA) is 94.8 Å². The molecule has 1 aromatic carbocycles. The first-order chi connectivity index (χ1) is 14.6. The van der Waals surface area contributed by atoms with Crippen molar-refractivity contribution in [3.63, 3.8) is 0 Å². The summed E-state index contributed by atoms with van der Waals surface area (Å²) >= 11 is 0. The number of hydrogen-bond acceptors (Lipinski definition) is 6. The number of nitrogens with zero attached hydrogens (tertiary/aromatic N) is 5. The second-order valence-corrected chi connectivity index (χ2v) is 6.83. The second-order valence-electron chi connectivity index (χ2n) is 6.83. The lowest BCUT2D eigenvalue weighted by Crippen LogP contribution is -2.13. The fourth-order valence-corrected chi connectivity index (χ4v) is 2.86. The van der Waals surface area contributed by atoms with E-state index in [0.717, 1.165) is 0 Å². The molecular formula is C22H20N6O2. The van der Waals surface area contributed by atoms with Gasteiger partial charge in [-0.05, 0) is 56.3 Å². The van der Waals surface area contributed by atoms with Crippen molar-refractivity contribution in [1.29, 1.82) is 0 Å². The fourth-order valence-electron chi connectivity index (χ4n) is 2.86. The van der Waals surface area contributed by atoms with E-state index in [2.05, 4.69) is 25.5 Å². The van der Waals surface area contributed by atoms with Crippen molar-refractivity contribution in [3.05, 3.63) is 78.9 Å². The van der Waals surface area contributed by atoms with Crippen LogP contribution in [0, 0.1) is 0 Å². The third-order valence-corrected chi connectivity index (χ3v) is 4.33. The van der Waals surface area contributed by atoms with Crippen LogP contribution in [0.2, 0.25) is 0 Å². The van der Waals surface area contributed by atoms with E-state index in [1.165, 1.54) is 0 Å².